The number of carbonyl (C=O) groups is 1. The van der Waals surface area contributed by atoms with Gasteiger partial charge >= 0.3 is 0 Å². The molecule has 3 aromatic rings. The molecule has 0 saturated carbocycles. The lowest BCUT2D eigenvalue weighted by Gasteiger charge is -2.09. The van der Waals surface area contributed by atoms with E-state index in [9.17, 15) is 4.79 Å². The highest BCUT2D eigenvalue weighted by Crippen LogP contribution is 2.23. The summed E-state index contributed by atoms with van der Waals surface area (Å²) in [5.74, 6) is -0.189. The monoisotopic (exact) mass is 296 g/mol. The molecule has 1 N–H and O–H groups in total. The summed E-state index contributed by atoms with van der Waals surface area (Å²) < 4.78 is 0. The largest absolute Gasteiger partial charge is 0.321 e. The van der Waals surface area contributed by atoms with Gasteiger partial charge in [-0.3, -0.25) is 9.78 Å². The van der Waals surface area contributed by atoms with Crippen molar-refractivity contribution >= 4 is 34.1 Å². The van der Waals surface area contributed by atoms with Crippen molar-refractivity contribution in [3.8, 4) is 0 Å². The van der Waals surface area contributed by atoms with E-state index in [0.29, 0.717) is 10.6 Å². The predicted molar refractivity (Wildman–Crippen MR) is 85.9 cm³/mol. The third kappa shape index (κ3) is 2.88. The zero-order valence-corrected chi connectivity index (χ0v) is 12.2. The van der Waals surface area contributed by atoms with Gasteiger partial charge in [0.05, 0.1) is 11.2 Å². The number of carbonyl (C=O) groups excluding carboxylic acids is 1. The summed E-state index contributed by atoms with van der Waals surface area (Å²) in [6.07, 6.45) is 0. The van der Waals surface area contributed by atoms with Gasteiger partial charge in [0.15, 0.2) is 0 Å². The minimum absolute atomic E-state index is 0.189. The number of hydrogen-bond donors (Lipinski definition) is 1. The molecule has 0 radical (unpaired) electrons. The van der Waals surface area contributed by atoms with Gasteiger partial charge in [0.25, 0.3) is 5.91 Å². The topological polar surface area (TPSA) is 42.0 Å². The average Bonchev–Trinajstić information content (AvgIpc) is 2.47. The third-order valence-corrected chi connectivity index (χ3v) is 3.44. The van der Waals surface area contributed by atoms with Crippen molar-refractivity contribution in [1.82, 2.24) is 4.98 Å². The van der Waals surface area contributed by atoms with Crippen LogP contribution in [0.15, 0.2) is 54.6 Å². The van der Waals surface area contributed by atoms with Crippen LogP contribution >= 0.6 is 11.6 Å². The van der Waals surface area contributed by atoms with Crippen LogP contribution in [0.5, 0.6) is 0 Å². The van der Waals surface area contributed by atoms with Crippen molar-refractivity contribution < 1.29 is 4.79 Å². The number of pyridine rings is 1. The molecule has 104 valence electrons. The SMILES string of the molecule is Cc1ccc2c(NC(=O)c3cccc(Cl)c3)cccc2n1. The lowest BCUT2D eigenvalue weighted by atomic mass is 10.1. The molecule has 0 bridgehead atoms. The molecule has 21 heavy (non-hydrogen) atoms. The molecule has 1 heterocycles. The quantitative estimate of drug-likeness (QED) is 0.759. The number of aromatic nitrogens is 1. The first-order valence-electron chi connectivity index (χ1n) is 6.57. The Kier molecular flexibility index (Phi) is 3.59. The van der Waals surface area contributed by atoms with Crippen molar-refractivity contribution in [3.63, 3.8) is 0 Å². The molecule has 0 aliphatic carbocycles. The Labute approximate surface area is 127 Å². The molecule has 2 aromatic carbocycles. The van der Waals surface area contributed by atoms with E-state index in [4.69, 9.17) is 11.6 Å². The molecular weight excluding hydrogens is 284 g/mol. The van der Waals surface area contributed by atoms with E-state index in [-0.39, 0.29) is 5.91 Å². The minimum atomic E-state index is -0.189. The number of aryl methyl sites for hydroxylation is 1. The maximum atomic E-state index is 12.3. The molecule has 1 aromatic heterocycles. The number of nitrogens with one attached hydrogen (secondary N) is 1. The lowest BCUT2D eigenvalue weighted by Crippen LogP contribution is -2.12. The number of halogens is 1. The predicted octanol–water partition coefficient (Wildman–Crippen LogP) is 4.45. The van der Waals surface area contributed by atoms with Crippen LogP contribution in [0.3, 0.4) is 0 Å². The average molecular weight is 297 g/mol. The summed E-state index contributed by atoms with van der Waals surface area (Å²) >= 11 is 5.91. The highest BCUT2D eigenvalue weighted by molar-refractivity contribution is 6.31. The first-order valence-corrected chi connectivity index (χ1v) is 6.94. The molecule has 4 heteroatoms. The van der Waals surface area contributed by atoms with Crippen molar-refractivity contribution in [2.45, 2.75) is 6.92 Å². The van der Waals surface area contributed by atoms with Crippen molar-refractivity contribution in [1.29, 1.82) is 0 Å². The Hall–Kier alpha value is -2.39. The van der Waals surface area contributed by atoms with Crippen molar-refractivity contribution in [2.75, 3.05) is 5.32 Å². The van der Waals surface area contributed by atoms with E-state index in [2.05, 4.69) is 10.3 Å². The fourth-order valence-electron chi connectivity index (χ4n) is 2.19. The van der Waals surface area contributed by atoms with Crippen LogP contribution in [0, 0.1) is 6.92 Å². The molecule has 0 saturated heterocycles. The molecular formula is C17H13ClN2O. The van der Waals surface area contributed by atoms with E-state index >= 15 is 0 Å². The molecule has 3 nitrogen and oxygen atoms in total. The highest BCUT2D eigenvalue weighted by Gasteiger charge is 2.09. The van der Waals surface area contributed by atoms with Crippen LogP contribution in [-0.4, -0.2) is 10.9 Å². The fourth-order valence-corrected chi connectivity index (χ4v) is 2.38. The Morgan fingerprint density at radius 1 is 1.10 bits per heavy atom. The highest BCUT2D eigenvalue weighted by atomic mass is 35.5. The first-order chi connectivity index (χ1) is 10.1. The van der Waals surface area contributed by atoms with Crippen LogP contribution in [0.25, 0.3) is 10.9 Å². The summed E-state index contributed by atoms with van der Waals surface area (Å²) in [4.78, 5) is 16.7. The molecule has 0 spiro atoms. The maximum Gasteiger partial charge on any atom is 0.255 e. The van der Waals surface area contributed by atoms with E-state index in [1.54, 1.807) is 24.3 Å². The Morgan fingerprint density at radius 3 is 2.71 bits per heavy atom. The summed E-state index contributed by atoms with van der Waals surface area (Å²) in [7, 11) is 0. The van der Waals surface area contributed by atoms with E-state index in [1.807, 2.05) is 37.3 Å². The number of amides is 1. The molecule has 0 fully saturated rings. The summed E-state index contributed by atoms with van der Waals surface area (Å²) in [5.41, 5.74) is 3.07. The Balaban J connectivity index is 1.96. The third-order valence-electron chi connectivity index (χ3n) is 3.21. The van der Waals surface area contributed by atoms with E-state index in [0.717, 1.165) is 22.3 Å². The second kappa shape index (κ2) is 5.54. The van der Waals surface area contributed by atoms with Gasteiger partial charge in [-0.05, 0) is 49.4 Å². The van der Waals surface area contributed by atoms with Gasteiger partial charge < -0.3 is 5.32 Å². The number of rotatable bonds is 2. The zero-order valence-electron chi connectivity index (χ0n) is 11.4. The van der Waals surface area contributed by atoms with E-state index < -0.39 is 0 Å². The molecule has 1 amide bonds. The van der Waals surface area contributed by atoms with E-state index in [1.165, 1.54) is 0 Å². The minimum Gasteiger partial charge on any atom is -0.321 e. The number of anilines is 1. The first kappa shape index (κ1) is 13.6. The Morgan fingerprint density at radius 2 is 1.90 bits per heavy atom. The van der Waals surface area contributed by atoms with Crippen LogP contribution < -0.4 is 5.32 Å². The zero-order chi connectivity index (χ0) is 14.8. The summed E-state index contributed by atoms with van der Waals surface area (Å²) in [6.45, 7) is 1.94. The standard InChI is InChI=1S/C17H13ClN2O/c1-11-8-9-14-15(19-11)6-3-7-16(14)20-17(21)12-4-2-5-13(18)10-12/h2-10H,1H3,(H,20,21). The van der Waals surface area contributed by atoms with Crippen LogP contribution in [-0.2, 0) is 0 Å². The van der Waals surface area contributed by atoms with Gasteiger partial charge in [-0.2, -0.15) is 0 Å². The summed E-state index contributed by atoms with van der Waals surface area (Å²) in [6, 6.07) is 16.4. The second-order valence-corrected chi connectivity index (χ2v) is 5.23. The van der Waals surface area contributed by atoms with Gasteiger partial charge in [-0.15, -0.1) is 0 Å². The van der Waals surface area contributed by atoms with Gasteiger partial charge in [0.1, 0.15) is 0 Å². The van der Waals surface area contributed by atoms with Gasteiger partial charge in [-0.1, -0.05) is 23.7 Å². The molecule has 0 unspecified atom stereocenters. The number of nitrogens with zero attached hydrogens (tertiary/aromatic N) is 1. The van der Waals surface area contributed by atoms with Crippen molar-refractivity contribution in [2.24, 2.45) is 0 Å². The van der Waals surface area contributed by atoms with Gasteiger partial charge in [0, 0.05) is 21.7 Å². The van der Waals surface area contributed by atoms with Crippen molar-refractivity contribution in [3.05, 3.63) is 70.9 Å². The van der Waals surface area contributed by atoms with Crippen LogP contribution in [0.1, 0.15) is 16.1 Å². The Bertz CT molecular complexity index is 830. The number of hydrogen-bond acceptors (Lipinski definition) is 2. The van der Waals surface area contributed by atoms with Gasteiger partial charge in [-0.25, -0.2) is 0 Å². The second-order valence-electron chi connectivity index (χ2n) is 4.79. The van der Waals surface area contributed by atoms with Gasteiger partial charge in [0.2, 0.25) is 0 Å². The number of benzene rings is 2. The fraction of sp³-hybridized carbons (Fsp3) is 0.0588. The lowest BCUT2D eigenvalue weighted by molar-refractivity contribution is 0.102. The molecule has 0 aliphatic rings. The summed E-state index contributed by atoms with van der Waals surface area (Å²) in [5, 5.41) is 4.37. The maximum absolute atomic E-state index is 12.3. The smallest absolute Gasteiger partial charge is 0.255 e. The molecule has 3 rings (SSSR count). The molecule has 0 aliphatic heterocycles. The molecule has 0 atom stereocenters. The number of fused-ring (bicyclic) bond motifs is 1. The van der Waals surface area contributed by atoms with Crippen LogP contribution in [0.4, 0.5) is 5.69 Å². The normalized spacial score (nSPS) is 10.6. The van der Waals surface area contributed by atoms with Crippen LogP contribution in [0.2, 0.25) is 5.02 Å².